The zero-order valence-corrected chi connectivity index (χ0v) is 15.4. The molecule has 0 spiro atoms. The number of nitriles is 1. The van der Waals surface area contributed by atoms with E-state index in [1.807, 2.05) is 25.1 Å². The van der Waals surface area contributed by atoms with Crippen LogP contribution in [0, 0.1) is 18.3 Å². The van der Waals surface area contributed by atoms with Crippen LogP contribution in [0.5, 0.6) is 0 Å². The van der Waals surface area contributed by atoms with Crippen LogP contribution >= 0.6 is 23.4 Å². The second kappa shape index (κ2) is 7.46. The number of aryl methyl sites for hydroxylation is 1. The molecule has 1 aromatic carbocycles. The number of benzene rings is 1. The summed E-state index contributed by atoms with van der Waals surface area (Å²) in [6.07, 6.45) is 4.98. The average Bonchev–Trinajstić information content (AvgIpc) is 3.25. The van der Waals surface area contributed by atoms with Gasteiger partial charge in [0.1, 0.15) is 11.9 Å². The SMILES string of the molecule is Cc1ccc(-n2cnnc2SCC(=O)NC2(C#N)CCCC2)cc1Cl. The topological polar surface area (TPSA) is 83.6 Å². The Morgan fingerprint density at radius 1 is 1.48 bits per heavy atom. The van der Waals surface area contributed by atoms with Crippen LogP contribution in [0.4, 0.5) is 0 Å². The molecule has 3 rings (SSSR count). The van der Waals surface area contributed by atoms with Gasteiger partial charge in [-0.15, -0.1) is 10.2 Å². The van der Waals surface area contributed by atoms with Crippen LogP contribution in [0.2, 0.25) is 5.02 Å². The van der Waals surface area contributed by atoms with E-state index < -0.39 is 5.54 Å². The fourth-order valence-electron chi connectivity index (χ4n) is 2.91. The molecule has 1 amide bonds. The normalized spacial score (nSPS) is 15.7. The van der Waals surface area contributed by atoms with Gasteiger partial charge in [-0.1, -0.05) is 29.4 Å². The lowest BCUT2D eigenvalue weighted by Gasteiger charge is -2.21. The third-order valence-electron chi connectivity index (χ3n) is 4.33. The Bertz CT molecular complexity index is 823. The number of hydrogen-bond acceptors (Lipinski definition) is 5. The fraction of sp³-hybridized carbons (Fsp3) is 0.412. The predicted octanol–water partition coefficient (Wildman–Crippen LogP) is 3.27. The van der Waals surface area contributed by atoms with Gasteiger partial charge in [-0.3, -0.25) is 9.36 Å². The number of amides is 1. The molecule has 8 heteroatoms. The van der Waals surface area contributed by atoms with E-state index in [9.17, 15) is 10.1 Å². The van der Waals surface area contributed by atoms with Crippen LogP contribution < -0.4 is 5.32 Å². The third kappa shape index (κ3) is 3.97. The fourth-order valence-corrected chi connectivity index (χ4v) is 3.81. The number of rotatable bonds is 5. The van der Waals surface area contributed by atoms with Crippen molar-refractivity contribution in [3.8, 4) is 11.8 Å². The Labute approximate surface area is 155 Å². The Morgan fingerprint density at radius 2 is 2.24 bits per heavy atom. The first-order valence-electron chi connectivity index (χ1n) is 8.05. The van der Waals surface area contributed by atoms with E-state index in [0.29, 0.717) is 10.2 Å². The lowest BCUT2D eigenvalue weighted by atomic mass is 10.0. The molecule has 1 aromatic heterocycles. The van der Waals surface area contributed by atoms with Gasteiger partial charge in [-0.2, -0.15) is 5.26 Å². The summed E-state index contributed by atoms with van der Waals surface area (Å²) in [5.74, 6) is 0.0202. The van der Waals surface area contributed by atoms with Crippen molar-refractivity contribution in [2.24, 2.45) is 0 Å². The first-order valence-corrected chi connectivity index (χ1v) is 9.41. The highest BCUT2D eigenvalue weighted by atomic mass is 35.5. The molecule has 130 valence electrons. The second-order valence-corrected chi connectivity index (χ2v) is 7.50. The lowest BCUT2D eigenvalue weighted by molar-refractivity contribution is -0.119. The Hall–Kier alpha value is -2.04. The van der Waals surface area contributed by atoms with Crippen molar-refractivity contribution in [1.82, 2.24) is 20.1 Å². The number of hydrogen-bond donors (Lipinski definition) is 1. The Morgan fingerprint density at radius 3 is 2.92 bits per heavy atom. The molecule has 1 saturated carbocycles. The number of halogens is 1. The first-order chi connectivity index (χ1) is 12.0. The molecule has 25 heavy (non-hydrogen) atoms. The summed E-state index contributed by atoms with van der Waals surface area (Å²) in [5.41, 5.74) is 1.13. The Kier molecular flexibility index (Phi) is 5.30. The summed E-state index contributed by atoms with van der Waals surface area (Å²) in [6, 6.07) is 7.96. The van der Waals surface area contributed by atoms with E-state index >= 15 is 0 Å². The highest BCUT2D eigenvalue weighted by molar-refractivity contribution is 7.99. The van der Waals surface area contributed by atoms with Gasteiger partial charge in [0.25, 0.3) is 0 Å². The molecule has 1 N–H and O–H groups in total. The van der Waals surface area contributed by atoms with E-state index in [4.69, 9.17) is 11.6 Å². The number of carbonyl (C=O) groups is 1. The maximum atomic E-state index is 12.2. The van der Waals surface area contributed by atoms with Crippen molar-refractivity contribution in [2.45, 2.75) is 43.3 Å². The van der Waals surface area contributed by atoms with Gasteiger partial charge in [0.2, 0.25) is 5.91 Å². The van der Waals surface area contributed by atoms with Gasteiger partial charge >= 0.3 is 0 Å². The van der Waals surface area contributed by atoms with Crippen LogP contribution in [0.3, 0.4) is 0 Å². The summed E-state index contributed by atoms with van der Waals surface area (Å²) < 4.78 is 1.79. The monoisotopic (exact) mass is 375 g/mol. The molecule has 0 unspecified atom stereocenters. The maximum absolute atomic E-state index is 12.2. The van der Waals surface area contributed by atoms with Crippen molar-refractivity contribution in [2.75, 3.05) is 5.75 Å². The molecule has 0 saturated heterocycles. The van der Waals surface area contributed by atoms with Gasteiger partial charge in [0, 0.05) is 5.02 Å². The maximum Gasteiger partial charge on any atom is 0.231 e. The highest BCUT2D eigenvalue weighted by Gasteiger charge is 2.35. The third-order valence-corrected chi connectivity index (χ3v) is 5.68. The molecule has 0 bridgehead atoms. The summed E-state index contributed by atoms with van der Waals surface area (Å²) in [4.78, 5) is 12.2. The van der Waals surface area contributed by atoms with E-state index in [1.54, 1.807) is 10.9 Å². The largest absolute Gasteiger partial charge is 0.337 e. The number of nitrogens with zero attached hydrogens (tertiary/aromatic N) is 4. The minimum atomic E-state index is -0.699. The molecule has 2 aromatic rings. The van der Waals surface area contributed by atoms with Crippen LogP contribution in [-0.4, -0.2) is 32.0 Å². The minimum Gasteiger partial charge on any atom is -0.337 e. The quantitative estimate of drug-likeness (QED) is 0.811. The molecule has 1 aliphatic rings. The van der Waals surface area contributed by atoms with Gasteiger partial charge in [-0.25, -0.2) is 0 Å². The van der Waals surface area contributed by atoms with Crippen LogP contribution in [0.1, 0.15) is 31.2 Å². The van der Waals surface area contributed by atoms with Crippen molar-refractivity contribution in [3.05, 3.63) is 35.1 Å². The zero-order valence-electron chi connectivity index (χ0n) is 13.8. The molecule has 1 heterocycles. The smallest absolute Gasteiger partial charge is 0.231 e. The van der Waals surface area contributed by atoms with Crippen LogP contribution in [-0.2, 0) is 4.79 Å². The second-order valence-electron chi connectivity index (χ2n) is 6.15. The number of aromatic nitrogens is 3. The van der Waals surface area contributed by atoms with E-state index in [2.05, 4.69) is 21.6 Å². The lowest BCUT2D eigenvalue weighted by Crippen LogP contribution is -2.45. The van der Waals surface area contributed by atoms with Gasteiger partial charge in [0.05, 0.1) is 17.5 Å². The zero-order chi connectivity index (χ0) is 17.9. The van der Waals surface area contributed by atoms with E-state index in [-0.39, 0.29) is 11.7 Å². The van der Waals surface area contributed by atoms with Gasteiger partial charge in [-0.05, 0) is 50.3 Å². The molecule has 6 nitrogen and oxygen atoms in total. The predicted molar refractivity (Wildman–Crippen MR) is 96.8 cm³/mol. The van der Waals surface area contributed by atoms with Crippen molar-refractivity contribution < 1.29 is 4.79 Å². The van der Waals surface area contributed by atoms with Crippen molar-refractivity contribution in [1.29, 1.82) is 5.26 Å². The van der Waals surface area contributed by atoms with Gasteiger partial charge in [0.15, 0.2) is 5.16 Å². The van der Waals surface area contributed by atoms with E-state index in [1.165, 1.54) is 11.8 Å². The molecule has 0 aliphatic heterocycles. The number of carbonyl (C=O) groups excluding carboxylic acids is 1. The Balaban J connectivity index is 1.66. The summed E-state index contributed by atoms with van der Waals surface area (Å²) in [5, 5.41) is 21.5. The molecular formula is C17H18ClN5OS. The molecule has 0 radical (unpaired) electrons. The first kappa shape index (κ1) is 17.8. The van der Waals surface area contributed by atoms with Crippen molar-refractivity contribution in [3.63, 3.8) is 0 Å². The molecule has 1 fully saturated rings. The number of thioether (sulfide) groups is 1. The number of nitrogens with one attached hydrogen (secondary N) is 1. The van der Waals surface area contributed by atoms with Crippen LogP contribution in [0.25, 0.3) is 5.69 Å². The molecule has 0 atom stereocenters. The molecule has 1 aliphatic carbocycles. The van der Waals surface area contributed by atoms with Crippen molar-refractivity contribution >= 4 is 29.3 Å². The minimum absolute atomic E-state index is 0.162. The highest BCUT2D eigenvalue weighted by Crippen LogP contribution is 2.29. The van der Waals surface area contributed by atoms with Crippen LogP contribution in [0.15, 0.2) is 29.7 Å². The summed E-state index contributed by atoms with van der Waals surface area (Å²) in [7, 11) is 0. The molecular weight excluding hydrogens is 358 g/mol. The average molecular weight is 376 g/mol. The summed E-state index contributed by atoms with van der Waals surface area (Å²) >= 11 is 7.47. The summed E-state index contributed by atoms with van der Waals surface area (Å²) in [6.45, 7) is 1.94. The van der Waals surface area contributed by atoms with Gasteiger partial charge < -0.3 is 5.32 Å². The van der Waals surface area contributed by atoms with E-state index in [0.717, 1.165) is 36.9 Å². The standard InChI is InChI=1S/C17H18ClN5OS/c1-12-4-5-13(8-14(12)18)23-11-20-22-16(23)25-9-15(24)21-17(10-19)6-2-3-7-17/h4-5,8,11H,2-3,6-7,9H2,1H3,(H,21,24).